The van der Waals surface area contributed by atoms with Gasteiger partial charge in [0.1, 0.15) is 7.11 Å². The fourth-order valence-corrected chi connectivity index (χ4v) is 10.8. The second kappa shape index (κ2) is 8.41. The molecule has 0 aromatic carbocycles. The normalized spacial score (nSPS) is 48.7. The van der Waals surface area contributed by atoms with E-state index in [1.54, 1.807) is 7.11 Å². The van der Waals surface area contributed by atoms with Crippen LogP contribution in [0.3, 0.4) is 0 Å². The third kappa shape index (κ3) is 3.43. The smallest absolute Gasteiger partial charge is 0.251 e. The number of nitrogens with zero attached hydrogens (tertiary/aromatic N) is 2. The largest absolute Gasteiger partial charge is 0.399 e. The number of carbonyl (C=O) groups is 2. The summed E-state index contributed by atoms with van der Waals surface area (Å²) in [4.78, 5) is 32.8. The minimum atomic E-state index is -0.609. The van der Waals surface area contributed by atoms with Gasteiger partial charge in [-0.05, 0) is 97.4 Å². The molecule has 0 aromatic heterocycles. The minimum absolute atomic E-state index is 0.0181. The van der Waals surface area contributed by atoms with E-state index in [-0.39, 0.29) is 44.8 Å². The fraction of sp³-hybridized carbons (Fsp3) is 0.844. The zero-order valence-corrected chi connectivity index (χ0v) is 25.2. The lowest BCUT2D eigenvalue weighted by Crippen LogP contribution is -2.66. The van der Waals surface area contributed by atoms with E-state index in [4.69, 9.17) is 4.84 Å². The van der Waals surface area contributed by atoms with Crippen molar-refractivity contribution in [3.63, 3.8) is 0 Å². The van der Waals surface area contributed by atoms with E-state index in [1.165, 1.54) is 12.6 Å². The number of rotatable bonds is 2. The van der Waals surface area contributed by atoms with Crippen LogP contribution in [0.1, 0.15) is 106 Å². The molecule has 212 valence electrons. The SMILES string of the molecule is CON=C1CC[C@@]2(C)C(CC[C@]3(C)[C@@H]2C(=O)C=C2[C@@H]4C[C@@](C)(C(=O)N(C)O)CC[C@]4(C)CC[C@]23C)C1(C)C. The van der Waals surface area contributed by atoms with Crippen LogP contribution in [0.5, 0.6) is 0 Å². The summed E-state index contributed by atoms with van der Waals surface area (Å²) < 4.78 is 0. The van der Waals surface area contributed by atoms with Crippen LogP contribution < -0.4 is 0 Å². The first-order chi connectivity index (χ1) is 17.5. The van der Waals surface area contributed by atoms with Crippen molar-refractivity contribution in [1.29, 1.82) is 0 Å². The molecule has 6 heteroatoms. The number of allylic oxidation sites excluding steroid dienone is 2. The summed E-state index contributed by atoms with van der Waals surface area (Å²) in [5.74, 6) is 0.638. The zero-order chi connectivity index (χ0) is 28.1. The quantitative estimate of drug-likeness (QED) is 0.316. The Kier molecular flexibility index (Phi) is 6.16. The van der Waals surface area contributed by atoms with E-state index in [0.29, 0.717) is 18.1 Å². The standard InChI is InChI=1S/C32H50N2O4/c1-27(2)23-10-13-32(7)25(30(23,5)12-11-24(27)33-38-9)22(35)18-20-21-19-29(4,26(36)34(8)37)15-14-28(21,3)16-17-31(20,32)6/h18,21,23,25,37H,10-17,19H2,1-9H3/t21-,23?,25+,28+,29-,30-,31+,32+/m0/s1. The summed E-state index contributed by atoms with van der Waals surface area (Å²) in [6.07, 6.45) is 10.7. The monoisotopic (exact) mass is 526 g/mol. The fourth-order valence-electron chi connectivity index (χ4n) is 10.8. The molecule has 0 heterocycles. The molecule has 0 aliphatic heterocycles. The number of hydrogen-bond acceptors (Lipinski definition) is 5. The number of fused-ring (bicyclic) bond motifs is 7. The molecule has 0 spiro atoms. The first-order valence-electron chi connectivity index (χ1n) is 14.8. The Balaban J connectivity index is 1.59. The van der Waals surface area contributed by atoms with Crippen molar-refractivity contribution >= 4 is 17.4 Å². The number of hydrogen-bond donors (Lipinski definition) is 1. The maximum atomic E-state index is 14.4. The maximum absolute atomic E-state index is 14.4. The van der Waals surface area contributed by atoms with E-state index in [9.17, 15) is 14.8 Å². The topological polar surface area (TPSA) is 79.2 Å². The van der Waals surface area contributed by atoms with E-state index >= 15 is 0 Å². The molecule has 1 unspecified atom stereocenters. The molecule has 1 N–H and O–H groups in total. The van der Waals surface area contributed by atoms with Crippen molar-refractivity contribution < 1.29 is 19.6 Å². The Morgan fingerprint density at radius 2 is 1.68 bits per heavy atom. The molecular weight excluding hydrogens is 476 g/mol. The molecule has 8 atom stereocenters. The van der Waals surface area contributed by atoms with Crippen molar-refractivity contribution in [2.24, 2.45) is 55.4 Å². The first kappa shape index (κ1) is 27.9. The highest BCUT2D eigenvalue weighted by atomic mass is 16.6. The number of carbonyl (C=O) groups excluding carboxylic acids is 2. The van der Waals surface area contributed by atoms with E-state index in [1.807, 2.05) is 6.92 Å². The predicted molar refractivity (Wildman–Crippen MR) is 148 cm³/mol. The summed E-state index contributed by atoms with van der Waals surface area (Å²) in [7, 11) is 3.07. The second-order valence-electron chi connectivity index (χ2n) is 15.5. The van der Waals surface area contributed by atoms with Crippen LogP contribution in [-0.4, -0.2) is 41.8 Å². The van der Waals surface area contributed by atoms with Crippen LogP contribution in [0.4, 0.5) is 0 Å². The van der Waals surface area contributed by atoms with Crippen molar-refractivity contribution in [1.82, 2.24) is 5.06 Å². The Morgan fingerprint density at radius 1 is 1.03 bits per heavy atom. The Bertz CT molecular complexity index is 1110. The van der Waals surface area contributed by atoms with Crippen LogP contribution in [0.25, 0.3) is 0 Å². The number of hydroxylamine groups is 2. The van der Waals surface area contributed by atoms with E-state index in [0.717, 1.165) is 62.1 Å². The maximum Gasteiger partial charge on any atom is 0.251 e. The highest BCUT2D eigenvalue weighted by Crippen LogP contribution is 2.75. The number of oxime groups is 1. The van der Waals surface area contributed by atoms with E-state index in [2.05, 4.69) is 52.8 Å². The number of amides is 1. The third-order valence-electron chi connectivity index (χ3n) is 13.4. The summed E-state index contributed by atoms with van der Waals surface area (Å²) >= 11 is 0. The summed E-state index contributed by atoms with van der Waals surface area (Å²) in [5.41, 5.74) is 1.49. The van der Waals surface area contributed by atoms with Crippen molar-refractivity contribution in [3.05, 3.63) is 11.6 Å². The van der Waals surface area contributed by atoms with E-state index < -0.39 is 5.41 Å². The predicted octanol–water partition coefficient (Wildman–Crippen LogP) is 6.82. The van der Waals surface area contributed by atoms with Gasteiger partial charge in [0.15, 0.2) is 5.78 Å². The van der Waals surface area contributed by atoms with Gasteiger partial charge in [0.25, 0.3) is 5.91 Å². The molecule has 5 aliphatic rings. The van der Waals surface area contributed by atoms with Crippen molar-refractivity contribution in [2.45, 2.75) is 106 Å². The highest BCUT2D eigenvalue weighted by molar-refractivity contribution is 5.97. The number of ketones is 1. The van der Waals surface area contributed by atoms with Gasteiger partial charge in [0.05, 0.1) is 5.71 Å². The van der Waals surface area contributed by atoms with Crippen LogP contribution in [-0.2, 0) is 14.4 Å². The van der Waals surface area contributed by atoms with Gasteiger partial charge in [-0.3, -0.25) is 14.8 Å². The Hall–Kier alpha value is -1.69. The van der Waals surface area contributed by atoms with Gasteiger partial charge < -0.3 is 4.84 Å². The minimum Gasteiger partial charge on any atom is -0.399 e. The average Bonchev–Trinajstić information content (AvgIpc) is 2.82. The van der Waals surface area contributed by atoms with Gasteiger partial charge in [-0.15, -0.1) is 0 Å². The molecule has 5 aliphatic carbocycles. The van der Waals surface area contributed by atoms with Gasteiger partial charge in [0, 0.05) is 23.8 Å². The molecule has 6 nitrogen and oxygen atoms in total. The zero-order valence-electron chi connectivity index (χ0n) is 25.2. The molecule has 38 heavy (non-hydrogen) atoms. The Labute approximate surface area is 229 Å². The molecular formula is C32H50N2O4. The lowest BCUT2D eigenvalue weighted by molar-refractivity contribution is -0.182. The average molecular weight is 527 g/mol. The van der Waals surface area contributed by atoms with Gasteiger partial charge in [-0.25, -0.2) is 5.06 Å². The summed E-state index contributed by atoms with van der Waals surface area (Å²) in [5, 5.41) is 15.3. The Morgan fingerprint density at radius 3 is 2.32 bits per heavy atom. The molecule has 4 saturated carbocycles. The second-order valence-corrected chi connectivity index (χ2v) is 15.5. The molecule has 4 fully saturated rings. The van der Waals surface area contributed by atoms with Crippen LogP contribution in [0.15, 0.2) is 16.8 Å². The molecule has 0 radical (unpaired) electrons. The van der Waals surface area contributed by atoms with Gasteiger partial charge in [-0.1, -0.05) is 59.2 Å². The highest BCUT2D eigenvalue weighted by Gasteiger charge is 2.70. The van der Waals surface area contributed by atoms with Crippen molar-refractivity contribution in [2.75, 3.05) is 14.2 Å². The summed E-state index contributed by atoms with van der Waals surface area (Å²) in [6.45, 7) is 16.3. The van der Waals surface area contributed by atoms with Crippen molar-refractivity contribution in [3.8, 4) is 0 Å². The molecule has 1 amide bonds. The lowest BCUT2D eigenvalue weighted by atomic mass is 9.33. The molecule has 0 saturated heterocycles. The van der Waals surface area contributed by atoms with Crippen LogP contribution >= 0.6 is 0 Å². The first-order valence-corrected chi connectivity index (χ1v) is 14.8. The van der Waals surface area contributed by atoms with Crippen LogP contribution in [0.2, 0.25) is 0 Å². The third-order valence-corrected chi connectivity index (χ3v) is 13.4. The molecule has 0 bridgehead atoms. The lowest BCUT2D eigenvalue weighted by Gasteiger charge is -2.70. The summed E-state index contributed by atoms with van der Waals surface area (Å²) in [6, 6.07) is 0. The van der Waals surface area contributed by atoms with Gasteiger partial charge >= 0.3 is 0 Å². The van der Waals surface area contributed by atoms with Gasteiger partial charge in [0.2, 0.25) is 0 Å². The molecule has 5 rings (SSSR count). The molecule has 0 aromatic rings. The van der Waals surface area contributed by atoms with Gasteiger partial charge in [-0.2, -0.15) is 0 Å². The van der Waals surface area contributed by atoms with Crippen LogP contribution in [0, 0.1) is 50.2 Å².